The van der Waals surface area contributed by atoms with Crippen LogP contribution in [0.15, 0.2) is 22.7 Å². The van der Waals surface area contributed by atoms with Crippen molar-refractivity contribution in [3.63, 3.8) is 0 Å². The Hall–Kier alpha value is -1.15. The fourth-order valence-corrected chi connectivity index (χ4v) is 2.15. The van der Waals surface area contributed by atoms with Crippen LogP contribution in [0.2, 0.25) is 0 Å². The maximum atomic E-state index is 12.6. The van der Waals surface area contributed by atoms with Gasteiger partial charge in [-0.2, -0.15) is 13.2 Å². The van der Waals surface area contributed by atoms with Crippen molar-refractivity contribution < 1.29 is 18.0 Å². The van der Waals surface area contributed by atoms with Crippen LogP contribution >= 0.6 is 28.1 Å². The van der Waals surface area contributed by atoms with Crippen molar-refractivity contribution in [2.24, 2.45) is 11.7 Å². The first kappa shape index (κ1) is 16.9. The Labute approximate surface area is 127 Å². The standard InChI is InChI=1S/C12H12BrF3N2OS/c1-2-7(10(17)20)11(19)18-9-5-6(12(14,15)16)3-4-8(9)13/h3-5,7H,2H2,1H3,(H2,17,20)(H,18,19). The van der Waals surface area contributed by atoms with Gasteiger partial charge in [-0.25, -0.2) is 0 Å². The molecule has 0 aliphatic heterocycles. The summed E-state index contributed by atoms with van der Waals surface area (Å²) in [6.45, 7) is 1.71. The van der Waals surface area contributed by atoms with Gasteiger partial charge in [0.25, 0.3) is 0 Å². The largest absolute Gasteiger partial charge is 0.416 e. The van der Waals surface area contributed by atoms with E-state index in [1.165, 1.54) is 6.07 Å². The predicted octanol–water partition coefficient (Wildman–Crippen LogP) is 3.72. The second kappa shape index (κ2) is 6.53. The van der Waals surface area contributed by atoms with Crippen molar-refractivity contribution in [1.82, 2.24) is 0 Å². The van der Waals surface area contributed by atoms with Crippen LogP contribution in [0.3, 0.4) is 0 Å². The number of hydrogen-bond donors (Lipinski definition) is 2. The molecule has 0 spiro atoms. The Morgan fingerprint density at radius 3 is 2.55 bits per heavy atom. The lowest BCUT2D eigenvalue weighted by molar-refractivity contribution is -0.137. The fraction of sp³-hybridized carbons (Fsp3) is 0.333. The zero-order valence-corrected chi connectivity index (χ0v) is 12.8. The molecule has 3 nitrogen and oxygen atoms in total. The summed E-state index contributed by atoms with van der Waals surface area (Å²) in [7, 11) is 0. The van der Waals surface area contributed by atoms with Crippen LogP contribution < -0.4 is 11.1 Å². The number of alkyl halides is 3. The zero-order valence-electron chi connectivity index (χ0n) is 10.4. The highest BCUT2D eigenvalue weighted by molar-refractivity contribution is 9.10. The lowest BCUT2D eigenvalue weighted by Crippen LogP contribution is -2.32. The first-order valence-electron chi connectivity index (χ1n) is 5.63. The number of hydrogen-bond acceptors (Lipinski definition) is 2. The molecule has 0 heterocycles. The summed E-state index contributed by atoms with van der Waals surface area (Å²) in [5.74, 6) is -1.24. The van der Waals surface area contributed by atoms with Crippen LogP contribution in [0.5, 0.6) is 0 Å². The summed E-state index contributed by atoms with van der Waals surface area (Å²) in [4.78, 5) is 11.9. The molecule has 3 N–H and O–H groups in total. The zero-order chi connectivity index (χ0) is 15.5. The van der Waals surface area contributed by atoms with E-state index in [1.807, 2.05) is 0 Å². The number of carbonyl (C=O) groups excluding carboxylic acids is 1. The summed E-state index contributed by atoms with van der Waals surface area (Å²) in [6, 6.07) is 3.00. The summed E-state index contributed by atoms with van der Waals surface area (Å²) in [5.41, 5.74) is 4.60. The van der Waals surface area contributed by atoms with Gasteiger partial charge in [0.05, 0.1) is 22.2 Å². The molecule has 0 radical (unpaired) electrons. The van der Waals surface area contributed by atoms with Crippen molar-refractivity contribution in [2.75, 3.05) is 5.32 Å². The lowest BCUT2D eigenvalue weighted by atomic mass is 10.1. The quantitative estimate of drug-likeness (QED) is 0.796. The molecule has 0 aromatic heterocycles. The van der Waals surface area contributed by atoms with Crippen LogP contribution in [-0.2, 0) is 11.0 Å². The maximum Gasteiger partial charge on any atom is 0.416 e. The van der Waals surface area contributed by atoms with Gasteiger partial charge in [-0.3, -0.25) is 4.79 Å². The van der Waals surface area contributed by atoms with Gasteiger partial charge < -0.3 is 11.1 Å². The number of halogens is 4. The smallest absolute Gasteiger partial charge is 0.393 e. The molecule has 110 valence electrons. The van der Waals surface area contributed by atoms with Crippen molar-refractivity contribution in [2.45, 2.75) is 19.5 Å². The average molecular weight is 369 g/mol. The molecular weight excluding hydrogens is 357 g/mol. The number of rotatable bonds is 4. The van der Waals surface area contributed by atoms with E-state index < -0.39 is 23.6 Å². The molecule has 0 aliphatic carbocycles. The minimum absolute atomic E-state index is 0.00750. The second-order valence-corrected chi connectivity index (χ2v) is 5.37. The number of anilines is 1. The Kier molecular flexibility index (Phi) is 5.52. The second-order valence-electron chi connectivity index (χ2n) is 4.04. The third-order valence-corrected chi connectivity index (χ3v) is 3.60. The van der Waals surface area contributed by atoms with Crippen LogP contribution in [-0.4, -0.2) is 10.9 Å². The molecule has 0 fully saturated rings. The van der Waals surface area contributed by atoms with E-state index in [1.54, 1.807) is 6.92 Å². The minimum Gasteiger partial charge on any atom is -0.393 e. The number of nitrogens with two attached hydrogens (primary N) is 1. The van der Waals surface area contributed by atoms with Gasteiger partial charge in [0, 0.05) is 4.47 Å². The van der Waals surface area contributed by atoms with E-state index in [9.17, 15) is 18.0 Å². The molecule has 0 saturated carbocycles. The van der Waals surface area contributed by atoms with E-state index in [2.05, 4.69) is 21.2 Å². The lowest BCUT2D eigenvalue weighted by Gasteiger charge is -2.15. The molecule has 8 heteroatoms. The van der Waals surface area contributed by atoms with Gasteiger partial charge in [0.1, 0.15) is 0 Å². The Morgan fingerprint density at radius 2 is 2.10 bits per heavy atom. The van der Waals surface area contributed by atoms with Crippen molar-refractivity contribution >= 4 is 44.7 Å². The third-order valence-electron chi connectivity index (χ3n) is 2.62. The summed E-state index contributed by atoms with van der Waals surface area (Å²) >= 11 is 7.84. The van der Waals surface area contributed by atoms with Crippen molar-refractivity contribution in [3.05, 3.63) is 28.2 Å². The number of carbonyl (C=O) groups is 1. The predicted molar refractivity (Wildman–Crippen MR) is 78.3 cm³/mol. The van der Waals surface area contributed by atoms with E-state index in [-0.39, 0.29) is 10.7 Å². The highest BCUT2D eigenvalue weighted by Gasteiger charge is 2.31. The van der Waals surface area contributed by atoms with E-state index in [0.29, 0.717) is 10.9 Å². The number of benzene rings is 1. The molecule has 1 amide bonds. The minimum atomic E-state index is -4.48. The number of amides is 1. The highest BCUT2D eigenvalue weighted by Crippen LogP contribution is 2.34. The maximum absolute atomic E-state index is 12.6. The molecular formula is C12H12BrF3N2OS. The first-order valence-corrected chi connectivity index (χ1v) is 6.83. The van der Waals surface area contributed by atoms with Crippen LogP contribution in [0.1, 0.15) is 18.9 Å². The monoisotopic (exact) mass is 368 g/mol. The van der Waals surface area contributed by atoms with Gasteiger partial charge in [0.15, 0.2) is 0 Å². The van der Waals surface area contributed by atoms with E-state index in [0.717, 1.165) is 12.1 Å². The summed E-state index contributed by atoms with van der Waals surface area (Å²) in [6.07, 6.45) is -4.11. The molecule has 20 heavy (non-hydrogen) atoms. The van der Waals surface area contributed by atoms with Crippen LogP contribution in [0.4, 0.5) is 18.9 Å². The topological polar surface area (TPSA) is 55.1 Å². The van der Waals surface area contributed by atoms with Crippen LogP contribution in [0, 0.1) is 5.92 Å². The molecule has 1 rings (SSSR count). The normalized spacial score (nSPS) is 12.8. The van der Waals surface area contributed by atoms with Gasteiger partial charge in [-0.15, -0.1) is 0 Å². The third kappa shape index (κ3) is 4.17. The highest BCUT2D eigenvalue weighted by atomic mass is 79.9. The van der Waals surface area contributed by atoms with E-state index in [4.69, 9.17) is 18.0 Å². The Balaban J connectivity index is 3.03. The SMILES string of the molecule is CCC(C(=O)Nc1cc(C(F)(F)F)ccc1Br)C(N)=S. The van der Waals surface area contributed by atoms with Gasteiger partial charge >= 0.3 is 6.18 Å². The molecule has 0 saturated heterocycles. The van der Waals surface area contributed by atoms with Gasteiger partial charge in [-0.1, -0.05) is 19.1 Å². The molecule has 1 unspecified atom stereocenters. The molecule has 1 atom stereocenters. The first-order chi connectivity index (χ1) is 9.16. The van der Waals surface area contributed by atoms with Gasteiger partial charge in [0.2, 0.25) is 5.91 Å². The van der Waals surface area contributed by atoms with Crippen molar-refractivity contribution in [1.29, 1.82) is 0 Å². The van der Waals surface area contributed by atoms with Crippen LogP contribution in [0.25, 0.3) is 0 Å². The summed E-state index contributed by atoms with van der Waals surface area (Å²) in [5, 5.41) is 2.40. The molecule has 0 bridgehead atoms. The Bertz CT molecular complexity index is 534. The Morgan fingerprint density at radius 1 is 1.50 bits per heavy atom. The number of thiocarbonyl (C=S) groups is 1. The molecule has 1 aromatic carbocycles. The van der Waals surface area contributed by atoms with Crippen molar-refractivity contribution in [3.8, 4) is 0 Å². The number of nitrogens with one attached hydrogen (secondary N) is 1. The molecule has 1 aromatic rings. The molecule has 0 aliphatic rings. The average Bonchev–Trinajstić information content (AvgIpc) is 2.30. The van der Waals surface area contributed by atoms with E-state index >= 15 is 0 Å². The fourth-order valence-electron chi connectivity index (χ4n) is 1.53. The van der Waals surface area contributed by atoms with Gasteiger partial charge in [-0.05, 0) is 40.5 Å². The summed E-state index contributed by atoms with van der Waals surface area (Å²) < 4.78 is 38.2.